The molecule has 0 saturated carbocycles. The number of rotatable bonds is 8. The van der Waals surface area contributed by atoms with Gasteiger partial charge in [0.25, 0.3) is 0 Å². The Morgan fingerprint density at radius 1 is 0.892 bits per heavy atom. The molecule has 1 heterocycles. The summed E-state index contributed by atoms with van der Waals surface area (Å²) in [6.45, 7) is 0.744. The number of hydrogen-bond acceptors (Lipinski definition) is 4. The summed E-state index contributed by atoms with van der Waals surface area (Å²) in [6, 6.07) is 24.4. The Bertz CT molecular complexity index is 1200. The number of ether oxygens (including phenoxy) is 3. The van der Waals surface area contributed by atoms with Crippen LogP contribution in [0.1, 0.15) is 28.7 Å². The van der Waals surface area contributed by atoms with Crippen LogP contribution in [0.2, 0.25) is 0 Å². The SMILES string of the molecule is COC(OC)C1C(F)CN(c2ccc(C3=CCCc4cc(OCc5ccccc5)ccc43)cc2)CC1F. The number of alkyl halides is 2. The van der Waals surface area contributed by atoms with Gasteiger partial charge in [0.05, 0.1) is 5.92 Å². The molecule has 37 heavy (non-hydrogen) atoms. The second-order valence-electron chi connectivity index (χ2n) is 9.65. The minimum absolute atomic E-state index is 0.102. The predicted molar refractivity (Wildman–Crippen MR) is 142 cm³/mol. The van der Waals surface area contributed by atoms with Crippen molar-refractivity contribution in [3.63, 3.8) is 0 Å². The van der Waals surface area contributed by atoms with Gasteiger partial charge in [0.2, 0.25) is 0 Å². The standard InChI is InChI=1S/C31H33F2NO3/c1-35-31(36-2)30-28(32)18-34(19-29(30)33)24-13-11-22(12-14-24)26-10-6-9-23-17-25(15-16-27(23)26)37-20-21-7-4-3-5-8-21/h3-5,7-8,10-17,28-31H,6,9,18-20H2,1-2H3. The van der Waals surface area contributed by atoms with Crippen molar-refractivity contribution < 1.29 is 23.0 Å². The molecule has 2 aliphatic rings. The minimum Gasteiger partial charge on any atom is -0.489 e. The number of benzene rings is 3. The lowest BCUT2D eigenvalue weighted by Crippen LogP contribution is -2.53. The summed E-state index contributed by atoms with van der Waals surface area (Å²) in [5, 5.41) is 0. The molecular weight excluding hydrogens is 472 g/mol. The van der Waals surface area contributed by atoms with E-state index in [-0.39, 0.29) is 13.1 Å². The Hall–Kier alpha value is -3.22. The third-order valence-electron chi connectivity index (χ3n) is 7.32. The van der Waals surface area contributed by atoms with E-state index in [1.165, 1.54) is 30.9 Å². The Labute approximate surface area is 217 Å². The van der Waals surface area contributed by atoms with E-state index in [9.17, 15) is 8.78 Å². The fourth-order valence-electron chi connectivity index (χ4n) is 5.41. The van der Waals surface area contributed by atoms with E-state index in [0.29, 0.717) is 6.61 Å². The summed E-state index contributed by atoms with van der Waals surface area (Å²) in [5.41, 5.74) is 6.67. The van der Waals surface area contributed by atoms with Gasteiger partial charge in [-0.15, -0.1) is 0 Å². The van der Waals surface area contributed by atoms with Crippen molar-refractivity contribution in [1.82, 2.24) is 0 Å². The van der Waals surface area contributed by atoms with Crippen LogP contribution in [0, 0.1) is 5.92 Å². The molecule has 5 rings (SSSR count). The molecule has 0 amide bonds. The van der Waals surface area contributed by atoms with Crippen molar-refractivity contribution in [3.05, 3.63) is 101 Å². The second-order valence-corrected chi connectivity index (χ2v) is 9.65. The molecular formula is C31H33F2NO3. The zero-order chi connectivity index (χ0) is 25.8. The first-order valence-electron chi connectivity index (χ1n) is 12.8. The first-order chi connectivity index (χ1) is 18.1. The number of fused-ring (bicyclic) bond motifs is 1. The highest BCUT2D eigenvalue weighted by atomic mass is 19.1. The number of piperidine rings is 1. The highest BCUT2D eigenvalue weighted by Crippen LogP contribution is 2.36. The lowest BCUT2D eigenvalue weighted by molar-refractivity contribution is -0.170. The molecule has 3 aromatic carbocycles. The van der Waals surface area contributed by atoms with Crippen molar-refractivity contribution in [2.24, 2.45) is 5.92 Å². The fraction of sp³-hybridized carbons (Fsp3) is 0.355. The zero-order valence-electron chi connectivity index (χ0n) is 21.3. The smallest absolute Gasteiger partial charge is 0.165 e. The lowest BCUT2D eigenvalue weighted by Gasteiger charge is -2.40. The number of halogens is 2. The number of allylic oxidation sites excluding steroid dienone is 1. The number of methoxy groups -OCH3 is 2. The number of nitrogens with zero attached hydrogens (tertiary/aromatic N) is 1. The molecule has 2 atom stereocenters. The number of aryl methyl sites for hydroxylation is 1. The van der Waals surface area contributed by atoms with Crippen LogP contribution in [0.15, 0.2) is 78.9 Å². The summed E-state index contributed by atoms with van der Waals surface area (Å²) in [5.74, 6) is -0.0654. The quantitative estimate of drug-likeness (QED) is 0.333. The number of anilines is 1. The fourth-order valence-corrected chi connectivity index (χ4v) is 5.41. The van der Waals surface area contributed by atoms with Crippen LogP contribution < -0.4 is 9.64 Å². The monoisotopic (exact) mass is 505 g/mol. The Kier molecular flexibility index (Phi) is 7.87. The van der Waals surface area contributed by atoms with Crippen molar-refractivity contribution >= 4 is 11.3 Å². The van der Waals surface area contributed by atoms with E-state index in [0.717, 1.165) is 35.4 Å². The van der Waals surface area contributed by atoms with Crippen LogP contribution in [0.3, 0.4) is 0 Å². The van der Waals surface area contributed by atoms with Gasteiger partial charge in [-0.1, -0.05) is 54.6 Å². The summed E-state index contributed by atoms with van der Waals surface area (Å²) in [7, 11) is 2.82. The van der Waals surface area contributed by atoms with Gasteiger partial charge in [0.1, 0.15) is 24.7 Å². The Morgan fingerprint density at radius 2 is 1.59 bits per heavy atom. The molecule has 1 aliphatic heterocycles. The average molecular weight is 506 g/mol. The summed E-state index contributed by atoms with van der Waals surface area (Å²) in [4.78, 5) is 1.76. The topological polar surface area (TPSA) is 30.9 Å². The maximum Gasteiger partial charge on any atom is 0.165 e. The third-order valence-corrected chi connectivity index (χ3v) is 7.32. The molecule has 0 aromatic heterocycles. The zero-order valence-corrected chi connectivity index (χ0v) is 21.3. The molecule has 0 radical (unpaired) electrons. The largest absolute Gasteiger partial charge is 0.489 e. The van der Waals surface area contributed by atoms with Gasteiger partial charge >= 0.3 is 0 Å². The van der Waals surface area contributed by atoms with Crippen LogP contribution in [0.25, 0.3) is 5.57 Å². The molecule has 6 heteroatoms. The van der Waals surface area contributed by atoms with Crippen LogP contribution in [0.5, 0.6) is 5.75 Å². The molecule has 0 bridgehead atoms. The summed E-state index contributed by atoms with van der Waals surface area (Å²) < 4.78 is 46.1. The molecule has 1 fully saturated rings. The van der Waals surface area contributed by atoms with Crippen LogP contribution in [-0.2, 0) is 22.5 Å². The van der Waals surface area contributed by atoms with Gasteiger partial charge in [-0.25, -0.2) is 8.78 Å². The van der Waals surface area contributed by atoms with Crippen LogP contribution in [-0.4, -0.2) is 45.9 Å². The molecule has 0 spiro atoms. The van der Waals surface area contributed by atoms with Gasteiger partial charge in [0.15, 0.2) is 6.29 Å². The third kappa shape index (κ3) is 5.55. The summed E-state index contributed by atoms with van der Waals surface area (Å²) >= 11 is 0. The molecule has 1 aliphatic carbocycles. The Balaban J connectivity index is 1.28. The van der Waals surface area contributed by atoms with Gasteiger partial charge in [-0.3, -0.25) is 0 Å². The van der Waals surface area contributed by atoms with Gasteiger partial charge in [0, 0.05) is 33.0 Å². The van der Waals surface area contributed by atoms with E-state index in [4.69, 9.17) is 14.2 Å². The molecule has 3 aromatic rings. The Morgan fingerprint density at radius 3 is 2.27 bits per heavy atom. The summed E-state index contributed by atoms with van der Waals surface area (Å²) in [6.07, 6.45) is 0.510. The number of hydrogen-bond donors (Lipinski definition) is 0. The van der Waals surface area contributed by atoms with E-state index < -0.39 is 24.6 Å². The van der Waals surface area contributed by atoms with Gasteiger partial charge in [-0.05, 0) is 64.9 Å². The molecule has 0 N–H and O–H groups in total. The van der Waals surface area contributed by atoms with Crippen LogP contribution >= 0.6 is 0 Å². The van der Waals surface area contributed by atoms with Crippen LogP contribution in [0.4, 0.5) is 14.5 Å². The lowest BCUT2D eigenvalue weighted by atomic mass is 9.86. The molecule has 1 saturated heterocycles. The van der Waals surface area contributed by atoms with Crippen molar-refractivity contribution in [2.75, 3.05) is 32.2 Å². The van der Waals surface area contributed by atoms with Crippen molar-refractivity contribution in [3.8, 4) is 5.75 Å². The predicted octanol–water partition coefficient (Wildman–Crippen LogP) is 6.37. The van der Waals surface area contributed by atoms with E-state index in [1.807, 2.05) is 48.5 Å². The maximum atomic E-state index is 14.9. The minimum atomic E-state index is -1.39. The van der Waals surface area contributed by atoms with E-state index in [1.54, 1.807) is 4.90 Å². The molecule has 4 nitrogen and oxygen atoms in total. The van der Waals surface area contributed by atoms with Gasteiger partial charge in [-0.2, -0.15) is 0 Å². The molecule has 194 valence electrons. The first-order valence-corrected chi connectivity index (χ1v) is 12.8. The van der Waals surface area contributed by atoms with Crippen molar-refractivity contribution in [2.45, 2.75) is 38.1 Å². The second kappa shape index (κ2) is 11.4. The van der Waals surface area contributed by atoms with E-state index in [2.05, 4.69) is 30.3 Å². The van der Waals surface area contributed by atoms with Gasteiger partial charge < -0.3 is 19.1 Å². The normalized spacial score (nSPS) is 21.5. The maximum absolute atomic E-state index is 14.9. The highest BCUT2D eigenvalue weighted by molar-refractivity contribution is 5.83. The highest BCUT2D eigenvalue weighted by Gasteiger charge is 2.43. The first kappa shape index (κ1) is 25.4. The average Bonchev–Trinajstić information content (AvgIpc) is 2.94. The van der Waals surface area contributed by atoms with Crippen molar-refractivity contribution in [1.29, 1.82) is 0 Å². The van der Waals surface area contributed by atoms with E-state index >= 15 is 0 Å². The molecule has 2 unspecified atom stereocenters.